The standard InChI is InChI=1S/C12H26N2O/c1-4-8-14(12-5-6-12)11(2)10-13-7-9-15-3/h11-13H,4-10H2,1-3H3. The van der Waals surface area contributed by atoms with Crippen molar-refractivity contribution < 1.29 is 4.74 Å². The van der Waals surface area contributed by atoms with Crippen molar-refractivity contribution >= 4 is 0 Å². The van der Waals surface area contributed by atoms with Crippen molar-refractivity contribution in [2.75, 3.05) is 33.4 Å². The van der Waals surface area contributed by atoms with E-state index in [-0.39, 0.29) is 0 Å². The van der Waals surface area contributed by atoms with Crippen LogP contribution < -0.4 is 5.32 Å². The Morgan fingerprint density at radius 3 is 2.73 bits per heavy atom. The molecule has 0 saturated heterocycles. The van der Waals surface area contributed by atoms with Crippen LogP contribution in [0.5, 0.6) is 0 Å². The van der Waals surface area contributed by atoms with E-state index in [9.17, 15) is 0 Å². The summed E-state index contributed by atoms with van der Waals surface area (Å²) >= 11 is 0. The first-order valence-electron chi connectivity index (χ1n) is 6.25. The zero-order valence-electron chi connectivity index (χ0n) is 10.5. The van der Waals surface area contributed by atoms with Gasteiger partial charge in [-0.1, -0.05) is 6.92 Å². The SMILES string of the molecule is CCCN(C(C)CNCCOC)C1CC1. The molecule has 0 aromatic rings. The van der Waals surface area contributed by atoms with Gasteiger partial charge in [0.2, 0.25) is 0 Å². The van der Waals surface area contributed by atoms with Crippen LogP contribution in [0.1, 0.15) is 33.1 Å². The summed E-state index contributed by atoms with van der Waals surface area (Å²) in [6, 6.07) is 1.54. The van der Waals surface area contributed by atoms with E-state index in [4.69, 9.17) is 4.74 Å². The minimum absolute atomic E-state index is 0.661. The Bertz CT molecular complexity index is 160. The van der Waals surface area contributed by atoms with Crippen LogP contribution in [-0.2, 0) is 4.74 Å². The zero-order chi connectivity index (χ0) is 11.1. The first-order valence-corrected chi connectivity index (χ1v) is 6.25. The summed E-state index contributed by atoms with van der Waals surface area (Å²) in [6.07, 6.45) is 4.07. The van der Waals surface area contributed by atoms with Crippen LogP contribution in [-0.4, -0.2) is 50.3 Å². The van der Waals surface area contributed by atoms with Crippen LogP contribution in [0.3, 0.4) is 0 Å². The molecule has 1 saturated carbocycles. The summed E-state index contributed by atoms with van der Waals surface area (Å²) in [7, 11) is 1.75. The monoisotopic (exact) mass is 214 g/mol. The van der Waals surface area contributed by atoms with Crippen molar-refractivity contribution in [3.8, 4) is 0 Å². The van der Waals surface area contributed by atoms with Gasteiger partial charge in [0, 0.05) is 32.3 Å². The second-order valence-corrected chi connectivity index (χ2v) is 4.51. The molecule has 0 aromatic carbocycles. The molecule has 1 aliphatic rings. The van der Waals surface area contributed by atoms with Gasteiger partial charge in [-0.15, -0.1) is 0 Å². The minimum atomic E-state index is 0.661. The average Bonchev–Trinajstić information content (AvgIpc) is 3.04. The maximum atomic E-state index is 5.02. The Morgan fingerprint density at radius 2 is 2.20 bits per heavy atom. The molecule has 0 heterocycles. The number of hydrogen-bond donors (Lipinski definition) is 1. The highest BCUT2D eigenvalue weighted by atomic mass is 16.5. The number of ether oxygens (including phenoxy) is 1. The van der Waals surface area contributed by atoms with Crippen molar-refractivity contribution in [2.45, 2.75) is 45.2 Å². The zero-order valence-corrected chi connectivity index (χ0v) is 10.5. The predicted octanol–water partition coefficient (Wildman–Crippen LogP) is 1.49. The Kier molecular flexibility index (Phi) is 6.22. The van der Waals surface area contributed by atoms with Gasteiger partial charge in [-0.3, -0.25) is 4.90 Å². The number of methoxy groups -OCH3 is 1. The van der Waals surface area contributed by atoms with Crippen molar-refractivity contribution in [3.05, 3.63) is 0 Å². The molecule has 0 radical (unpaired) electrons. The van der Waals surface area contributed by atoms with Crippen molar-refractivity contribution in [1.82, 2.24) is 10.2 Å². The van der Waals surface area contributed by atoms with E-state index in [1.165, 1.54) is 25.8 Å². The van der Waals surface area contributed by atoms with Gasteiger partial charge in [0.05, 0.1) is 6.61 Å². The predicted molar refractivity (Wildman–Crippen MR) is 64.2 cm³/mol. The lowest BCUT2D eigenvalue weighted by Crippen LogP contribution is -2.42. The highest BCUT2D eigenvalue weighted by Crippen LogP contribution is 2.28. The van der Waals surface area contributed by atoms with Gasteiger partial charge in [-0.05, 0) is 32.7 Å². The molecular formula is C12H26N2O. The molecule has 1 unspecified atom stereocenters. The van der Waals surface area contributed by atoms with E-state index in [1.807, 2.05) is 0 Å². The fraction of sp³-hybridized carbons (Fsp3) is 1.00. The largest absolute Gasteiger partial charge is 0.383 e. The highest BCUT2D eigenvalue weighted by Gasteiger charge is 2.30. The Morgan fingerprint density at radius 1 is 1.47 bits per heavy atom. The first-order chi connectivity index (χ1) is 7.29. The molecule has 1 atom stereocenters. The van der Waals surface area contributed by atoms with E-state index < -0.39 is 0 Å². The number of nitrogens with one attached hydrogen (secondary N) is 1. The van der Waals surface area contributed by atoms with Crippen LogP contribution >= 0.6 is 0 Å². The second-order valence-electron chi connectivity index (χ2n) is 4.51. The van der Waals surface area contributed by atoms with E-state index in [0.717, 1.165) is 25.7 Å². The van der Waals surface area contributed by atoms with E-state index in [0.29, 0.717) is 6.04 Å². The van der Waals surface area contributed by atoms with Crippen molar-refractivity contribution in [2.24, 2.45) is 0 Å². The Balaban J connectivity index is 2.14. The maximum absolute atomic E-state index is 5.02. The molecular weight excluding hydrogens is 188 g/mol. The van der Waals surface area contributed by atoms with Gasteiger partial charge in [-0.2, -0.15) is 0 Å². The molecule has 1 rings (SSSR count). The summed E-state index contributed by atoms with van der Waals surface area (Å²) in [5.41, 5.74) is 0. The highest BCUT2D eigenvalue weighted by molar-refractivity contribution is 4.87. The lowest BCUT2D eigenvalue weighted by molar-refractivity contribution is 0.177. The topological polar surface area (TPSA) is 24.5 Å². The van der Waals surface area contributed by atoms with E-state index in [2.05, 4.69) is 24.1 Å². The van der Waals surface area contributed by atoms with Gasteiger partial charge in [0.25, 0.3) is 0 Å². The van der Waals surface area contributed by atoms with Crippen LogP contribution in [0.4, 0.5) is 0 Å². The van der Waals surface area contributed by atoms with Crippen molar-refractivity contribution in [3.63, 3.8) is 0 Å². The Labute approximate surface area is 94.2 Å². The first kappa shape index (κ1) is 12.9. The second kappa shape index (κ2) is 7.20. The summed E-state index contributed by atoms with van der Waals surface area (Å²) in [5.74, 6) is 0. The fourth-order valence-corrected chi connectivity index (χ4v) is 2.03. The van der Waals surface area contributed by atoms with Crippen LogP contribution in [0, 0.1) is 0 Å². The van der Waals surface area contributed by atoms with E-state index in [1.54, 1.807) is 7.11 Å². The van der Waals surface area contributed by atoms with Gasteiger partial charge in [-0.25, -0.2) is 0 Å². The normalized spacial score (nSPS) is 18.4. The van der Waals surface area contributed by atoms with Crippen molar-refractivity contribution in [1.29, 1.82) is 0 Å². The van der Waals surface area contributed by atoms with Crippen LogP contribution in [0.2, 0.25) is 0 Å². The third kappa shape index (κ3) is 4.96. The van der Waals surface area contributed by atoms with Crippen LogP contribution in [0.15, 0.2) is 0 Å². The van der Waals surface area contributed by atoms with Gasteiger partial charge in [0.1, 0.15) is 0 Å². The summed E-state index contributed by atoms with van der Waals surface area (Å²) < 4.78 is 5.02. The average molecular weight is 214 g/mol. The molecule has 0 amide bonds. The number of rotatable bonds is 9. The third-order valence-electron chi connectivity index (χ3n) is 2.99. The molecule has 0 bridgehead atoms. The molecule has 90 valence electrons. The molecule has 0 aromatic heterocycles. The number of hydrogen-bond acceptors (Lipinski definition) is 3. The molecule has 3 nitrogen and oxygen atoms in total. The minimum Gasteiger partial charge on any atom is -0.383 e. The lowest BCUT2D eigenvalue weighted by atomic mass is 10.2. The molecule has 0 aliphatic heterocycles. The molecule has 1 fully saturated rings. The smallest absolute Gasteiger partial charge is 0.0587 e. The maximum Gasteiger partial charge on any atom is 0.0587 e. The molecule has 1 aliphatic carbocycles. The van der Waals surface area contributed by atoms with E-state index >= 15 is 0 Å². The number of nitrogens with zero attached hydrogens (tertiary/aromatic N) is 1. The molecule has 0 spiro atoms. The third-order valence-corrected chi connectivity index (χ3v) is 2.99. The van der Waals surface area contributed by atoms with Gasteiger partial charge in [0.15, 0.2) is 0 Å². The molecule has 1 N–H and O–H groups in total. The van der Waals surface area contributed by atoms with Crippen LogP contribution in [0.25, 0.3) is 0 Å². The summed E-state index contributed by atoms with van der Waals surface area (Å²) in [6.45, 7) is 8.70. The fourth-order valence-electron chi connectivity index (χ4n) is 2.03. The van der Waals surface area contributed by atoms with Gasteiger partial charge >= 0.3 is 0 Å². The lowest BCUT2D eigenvalue weighted by Gasteiger charge is -2.29. The Hall–Kier alpha value is -0.120. The summed E-state index contributed by atoms with van der Waals surface area (Å²) in [5, 5.41) is 3.44. The summed E-state index contributed by atoms with van der Waals surface area (Å²) in [4.78, 5) is 2.65. The van der Waals surface area contributed by atoms with Gasteiger partial charge < -0.3 is 10.1 Å². The quantitative estimate of drug-likeness (QED) is 0.589. The molecule has 15 heavy (non-hydrogen) atoms. The molecule has 3 heteroatoms.